The first kappa shape index (κ1) is 15.8. The van der Waals surface area contributed by atoms with E-state index in [0.717, 1.165) is 36.5 Å². The Hall–Kier alpha value is -0.120. The molecule has 0 amide bonds. The van der Waals surface area contributed by atoms with Crippen molar-refractivity contribution in [2.75, 3.05) is 0 Å². The van der Waals surface area contributed by atoms with Crippen molar-refractivity contribution in [3.8, 4) is 0 Å². The van der Waals surface area contributed by atoms with Crippen LogP contribution in [0.1, 0.15) is 70.6 Å². The van der Waals surface area contributed by atoms with Crippen LogP contribution in [0.25, 0.3) is 0 Å². The van der Waals surface area contributed by atoms with Crippen molar-refractivity contribution < 1.29 is 15.7 Å². The van der Waals surface area contributed by atoms with Crippen molar-refractivity contribution >= 4 is 0 Å². The monoisotopic (exact) mass is 296 g/mol. The van der Waals surface area contributed by atoms with Crippen LogP contribution in [0.2, 0.25) is 0 Å². The molecule has 0 heterocycles. The summed E-state index contributed by atoms with van der Waals surface area (Å²) in [5.41, 5.74) is -0.122. The number of aliphatic hydroxyl groups excluding tert-OH is 1. The second-order valence-corrected chi connectivity index (χ2v) is 8.26. The minimum absolute atomic E-state index is 0. The third-order valence-electron chi connectivity index (χ3n) is 7.81. The van der Waals surface area contributed by atoms with Crippen molar-refractivity contribution in [2.24, 2.45) is 35.0 Å². The van der Waals surface area contributed by atoms with Gasteiger partial charge in [0, 0.05) is 5.41 Å². The van der Waals surface area contributed by atoms with Gasteiger partial charge >= 0.3 is 0 Å². The summed E-state index contributed by atoms with van der Waals surface area (Å²) >= 11 is 0. The molecule has 3 heteroatoms. The third kappa shape index (κ3) is 2.27. The lowest BCUT2D eigenvalue weighted by atomic mass is 9.50. The molecular formula is C18H32O3. The Kier molecular flexibility index (Phi) is 4.37. The van der Waals surface area contributed by atoms with E-state index in [0.29, 0.717) is 5.92 Å². The van der Waals surface area contributed by atoms with Crippen molar-refractivity contribution in [1.29, 1.82) is 0 Å². The van der Waals surface area contributed by atoms with E-state index in [9.17, 15) is 10.2 Å². The maximum absolute atomic E-state index is 10.0. The molecule has 0 aliphatic heterocycles. The minimum Gasteiger partial charge on any atom is -0.412 e. The molecule has 4 aliphatic rings. The van der Waals surface area contributed by atoms with Gasteiger partial charge < -0.3 is 15.7 Å². The fraction of sp³-hybridized carbons (Fsp3) is 1.00. The Morgan fingerprint density at radius 1 is 0.714 bits per heavy atom. The highest BCUT2D eigenvalue weighted by Gasteiger charge is 2.57. The summed E-state index contributed by atoms with van der Waals surface area (Å²) in [5.74, 6) is 4.34. The zero-order valence-electron chi connectivity index (χ0n) is 13.1. The first-order valence-corrected chi connectivity index (χ1v) is 9.08. The topological polar surface area (TPSA) is 72.0 Å². The molecule has 122 valence electrons. The Morgan fingerprint density at radius 2 is 1.52 bits per heavy atom. The van der Waals surface area contributed by atoms with Crippen LogP contribution in [-0.2, 0) is 0 Å². The van der Waals surface area contributed by atoms with E-state index in [4.69, 9.17) is 0 Å². The van der Waals surface area contributed by atoms with Gasteiger partial charge in [-0.15, -0.1) is 0 Å². The smallest absolute Gasteiger partial charge is 0.157 e. The van der Waals surface area contributed by atoms with Gasteiger partial charge in [-0.3, -0.25) is 0 Å². The van der Waals surface area contributed by atoms with E-state index in [1.54, 1.807) is 0 Å². The van der Waals surface area contributed by atoms with Crippen LogP contribution in [0.15, 0.2) is 0 Å². The Labute approximate surface area is 128 Å². The summed E-state index contributed by atoms with van der Waals surface area (Å²) < 4.78 is 0. The highest BCUT2D eigenvalue weighted by Crippen LogP contribution is 2.63. The molecule has 1 unspecified atom stereocenters. The fourth-order valence-corrected chi connectivity index (χ4v) is 6.98. The minimum atomic E-state index is -1.07. The second-order valence-electron chi connectivity index (χ2n) is 8.26. The van der Waals surface area contributed by atoms with E-state index >= 15 is 0 Å². The summed E-state index contributed by atoms with van der Waals surface area (Å²) in [4.78, 5) is 0. The maximum Gasteiger partial charge on any atom is 0.157 e. The van der Waals surface area contributed by atoms with Gasteiger partial charge in [0.1, 0.15) is 0 Å². The zero-order valence-corrected chi connectivity index (χ0v) is 13.1. The zero-order chi connectivity index (χ0) is 13.7. The van der Waals surface area contributed by atoms with Gasteiger partial charge in [-0.05, 0) is 74.5 Å². The number of fused-ring (bicyclic) bond motifs is 5. The van der Waals surface area contributed by atoms with Gasteiger partial charge in [-0.25, -0.2) is 0 Å². The Balaban J connectivity index is 0.00000132. The van der Waals surface area contributed by atoms with E-state index < -0.39 is 6.29 Å². The molecule has 3 nitrogen and oxygen atoms in total. The molecule has 4 N–H and O–H groups in total. The van der Waals surface area contributed by atoms with Crippen molar-refractivity contribution in [3.05, 3.63) is 0 Å². The van der Waals surface area contributed by atoms with Crippen LogP contribution in [0.4, 0.5) is 0 Å². The average Bonchev–Trinajstić information content (AvgIpc) is 2.92. The third-order valence-corrected chi connectivity index (χ3v) is 7.81. The summed E-state index contributed by atoms with van der Waals surface area (Å²) in [7, 11) is 0. The largest absolute Gasteiger partial charge is 0.412 e. The molecule has 0 spiro atoms. The molecule has 0 bridgehead atoms. The van der Waals surface area contributed by atoms with E-state index in [2.05, 4.69) is 0 Å². The molecule has 4 aliphatic carbocycles. The lowest BCUT2D eigenvalue weighted by Crippen LogP contribution is -2.51. The molecule has 0 saturated heterocycles. The summed E-state index contributed by atoms with van der Waals surface area (Å²) in [6, 6.07) is 0. The summed E-state index contributed by atoms with van der Waals surface area (Å²) in [6.07, 6.45) is 13.5. The number of rotatable bonds is 1. The van der Waals surface area contributed by atoms with Crippen LogP contribution in [0, 0.1) is 35.0 Å². The molecule has 0 aromatic rings. The van der Waals surface area contributed by atoms with Gasteiger partial charge in [0.05, 0.1) is 0 Å². The summed E-state index contributed by atoms with van der Waals surface area (Å²) in [6.45, 7) is 0. The van der Waals surface area contributed by atoms with Gasteiger partial charge in [0.15, 0.2) is 6.29 Å². The van der Waals surface area contributed by atoms with Crippen molar-refractivity contribution in [3.63, 3.8) is 0 Å². The number of aliphatic hydroxyl groups is 2. The predicted octanol–water partition coefficient (Wildman–Crippen LogP) is 2.89. The fourth-order valence-electron chi connectivity index (χ4n) is 6.98. The standard InChI is InChI=1S/C18H30O2.H2O/c19-17(20)18-10-3-6-16(18)15-8-7-12-4-1-2-5-13(12)14(15)9-11-18;/h12-17,19-20H,1-11H2;1H2/t12?,13-,14+,15+,16-,18+;/m0./s1. The number of hydrogen-bond donors (Lipinski definition) is 2. The molecule has 4 saturated carbocycles. The molecule has 0 aromatic heterocycles. The molecular weight excluding hydrogens is 264 g/mol. The summed E-state index contributed by atoms with van der Waals surface area (Å²) in [5, 5.41) is 20.0. The highest BCUT2D eigenvalue weighted by atomic mass is 16.5. The molecule has 4 rings (SSSR count). The first-order chi connectivity index (χ1) is 9.72. The van der Waals surface area contributed by atoms with Gasteiger partial charge in [0.2, 0.25) is 0 Å². The quantitative estimate of drug-likeness (QED) is 0.730. The van der Waals surface area contributed by atoms with E-state index in [1.165, 1.54) is 57.8 Å². The molecule has 0 aromatic carbocycles. The lowest BCUT2D eigenvalue weighted by Gasteiger charge is -2.55. The van der Waals surface area contributed by atoms with Crippen molar-refractivity contribution in [2.45, 2.75) is 76.9 Å². The van der Waals surface area contributed by atoms with Gasteiger partial charge in [-0.1, -0.05) is 25.7 Å². The molecule has 4 fully saturated rings. The van der Waals surface area contributed by atoms with Crippen LogP contribution >= 0.6 is 0 Å². The highest BCUT2D eigenvalue weighted by molar-refractivity contribution is 5.05. The normalized spacial score (nSPS) is 49.0. The lowest BCUT2D eigenvalue weighted by molar-refractivity contribution is -0.190. The van der Waals surface area contributed by atoms with Crippen molar-refractivity contribution in [1.82, 2.24) is 0 Å². The Bertz CT molecular complexity index is 369. The maximum atomic E-state index is 10.0. The second kappa shape index (κ2) is 5.82. The first-order valence-electron chi connectivity index (χ1n) is 9.08. The van der Waals surface area contributed by atoms with Gasteiger partial charge in [-0.2, -0.15) is 0 Å². The average molecular weight is 296 g/mol. The Morgan fingerprint density at radius 3 is 2.33 bits per heavy atom. The van der Waals surface area contributed by atoms with E-state index in [-0.39, 0.29) is 10.9 Å². The molecule has 21 heavy (non-hydrogen) atoms. The van der Waals surface area contributed by atoms with Crippen LogP contribution in [0.3, 0.4) is 0 Å². The van der Waals surface area contributed by atoms with Crippen LogP contribution in [0.5, 0.6) is 0 Å². The van der Waals surface area contributed by atoms with E-state index in [1.807, 2.05) is 0 Å². The SMILES string of the molecule is O.OC(O)[C@@]12CCC[C@H]1[C@@H]1CCC3CCCC[C@@H]3[C@H]1CC2. The molecule has 6 atom stereocenters. The van der Waals surface area contributed by atoms with Gasteiger partial charge in [0.25, 0.3) is 0 Å². The predicted molar refractivity (Wildman–Crippen MR) is 82.5 cm³/mol. The molecule has 0 radical (unpaired) electrons. The van der Waals surface area contributed by atoms with Crippen LogP contribution < -0.4 is 0 Å². The number of hydrogen-bond acceptors (Lipinski definition) is 2. The van der Waals surface area contributed by atoms with Crippen LogP contribution in [-0.4, -0.2) is 22.0 Å².